The highest BCUT2D eigenvalue weighted by Crippen LogP contribution is 2.38. The minimum absolute atomic E-state index is 0.0770. The lowest BCUT2D eigenvalue weighted by molar-refractivity contribution is 0.0856. The molecule has 0 radical (unpaired) electrons. The largest absolute Gasteiger partial charge is 0.497 e. The van der Waals surface area contributed by atoms with Gasteiger partial charge in [-0.3, -0.25) is 9.89 Å². The van der Waals surface area contributed by atoms with E-state index in [0.717, 1.165) is 51.9 Å². The molecule has 6 rings (SSSR count). The number of H-pyrrole nitrogens is 1. The van der Waals surface area contributed by atoms with Crippen LogP contribution in [0.1, 0.15) is 28.8 Å². The van der Waals surface area contributed by atoms with Gasteiger partial charge in [-0.05, 0) is 54.7 Å². The zero-order valence-corrected chi connectivity index (χ0v) is 19.6. The first-order chi connectivity index (χ1) is 16.4. The third-order valence-electron chi connectivity index (χ3n) is 6.97. The van der Waals surface area contributed by atoms with E-state index in [0.29, 0.717) is 30.3 Å². The number of rotatable bonds is 6. The summed E-state index contributed by atoms with van der Waals surface area (Å²) in [6.45, 7) is 1.02. The fourth-order valence-electron chi connectivity index (χ4n) is 4.80. The lowest BCUT2D eigenvalue weighted by Crippen LogP contribution is -2.29. The average Bonchev–Trinajstić information content (AvgIpc) is 3.25. The van der Waals surface area contributed by atoms with Gasteiger partial charge in [0.05, 0.1) is 25.8 Å². The van der Waals surface area contributed by atoms with Crippen molar-refractivity contribution in [3.05, 3.63) is 65.1 Å². The number of aromatic nitrogens is 3. The lowest BCUT2D eigenvalue weighted by Gasteiger charge is -2.24. The van der Waals surface area contributed by atoms with Gasteiger partial charge in [0.1, 0.15) is 16.7 Å². The van der Waals surface area contributed by atoms with Crippen molar-refractivity contribution in [1.82, 2.24) is 14.8 Å². The predicted molar refractivity (Wildman–Crippen MR) is 131 cm³/mol. The number of nitrogens with two attached hydrogens (primary N) is 1. The van der Waals surface area contributed by atoms with Crippen LogP contribution in [0.25, 0.3) is 22.0 Å². The van der Waals surface area contributed by atoms with Crippen LogP contribution in [0.3, 0.4) is 0 Å². The van der Waals surface area contributed by atoms with Gasteiger partial charge in [0.2, 0.25) is 0 Å². The molecule has 1 atom stereocenters. The van der Waals surface area contributed by atoms with Gasteiger partial charge in [-0.1, -0.05) is 23.7 Å². The van der Waals surface area contributed by atoms with Crippen molar-refractivity contribution in [2.75, 3.05) is 13.7 Å². The molecule has 3 heterocycles. The van der Waals surface area contributed by atoms with Crippen LogP contribution in [0.2, 0.25) is 5.15 Å². The summed E-state index contributed by atoms with van der Waals surface area (Å²) in [6, 6.07) is 11.8. The number of nitrogens with zero attached hydrogens (tertiary/aromatic N) is 2. The number of hydrogen-bond donors (Lipinski definition) is 2. The lowest BCUT2D eigenvalue weighted by atomic mass is 9.89. The summed E-state index contributed by atoms with van der Waals surface area (Å²) < 4.78 is 13.4. The Morgan fingerprint density at radius 3 is 2.91 bits per heavy atom. The number of halogens is 1. The summed E-state index contributed by atoms with van der Waals surface area (Å²) in [4.78, 5) is 13.7. The van der Waals surface area contributed by atoms with Gasteiger partial charge in [-0.25, -0.2) is 0 Å². The van der Waals surface area contributed by atoms with Crippen molar-refractivity contribution in [2.24, 2.45) is 11.7 Å². The highest BCUT2D eigenvalue weighted by atomic mass is 35.5. The van der Waals surface area contributed by atoms with Crippen molar-refractivity contribution >= 4 is 28.3 Å². The third kappa shape index (κ3) is 3.65. The number of fused-ring (bicyclic) bond motifs is 2. The maximum absolute atomic E-state index is 13.7. The standard InChI is InChI=1S/C26H25ClN4O3/c1-33-18-3-5-23-16(9-18)8-17(13-34-23)24(32)21-12-31(14-26(28)6-7-26)22-10-15(2-4-19(21)22)20-11-29-30-25(20)27/h2-5,9-12,17H,6-8,13-14,28H2,1H3,(H,29,30). The Morgan fingerprint density at radius 1 is 1.32 bits per heavy atom. The summed E-state index contributed by atoms with van der Waals surface area (Å²) >= 11 is 6.28. The smallest absolute Gasteiger partial charge is 0.171 e. The van der Waals surface area contributed by atoms with E-state index < -0.39 is 0 Å². The molecule has 174 valence electrons. The van der Waals surface area contributed by atoms with Crippen LogP contribution in [0.5, 0.6) is 11.5 Å². The van der Waals surface area contributed by atoms with Crippen LogP contribution in [0.4, 0.5) is 0 Å². The molecule has 34 heavy (non-hydrogen) atoms. The molecule has 3 N–H and O–H groups in total. The number of Topliss-reactive ketones (excluding diaryl/α,β-unsaturated/α-hetero) is 1. The summed E-state index contributed by atoms with van der Waals surface area (Å²) in [5, 5.41) is 8.20. The maximum atomic E-state index is 13.7. The van der Waals surface area contributed by atoms with Crippen molar-refractivity contribution in [3.8, 4) is 22.6 Å². The van der Waals surface area contributed by atoms with Crippen LogP contribution in [-0.2, 0) is 13.0 Å². The molecule has 7 nitrogen and oxygen atoms in total. The van der Waals surface area contributed by atoms with E-state index in [4.69, 9.17) is 26.8 Å². The number of ether oxygens (including phenoxy) is 2. The molecular weight excluding hydrogens is 452 g/mol. The molecule has 1 aliphatic heterocycles. The Kier molecular flexibility index (Phi) is 4.93. The van der Waals surface area contributed by atoms with Gasteiger partial charge in [0, 0.05) is 40.3 Å². The first-order valence-electron chi connectivity index (χ1n) is 11.4. The topological polar surface area (TPSA) is 95.2 Å². The van der Waals surface area contributed by atoms with E-state index in [9.17, 15) is 4.79 Å². The van der Waals surface area contributed by atoms with E-state index >= 15 is 0 Å². The van der Waals surface area contributed by atoms with E-state index in [1.54, 1.807) is 13.3 Å². The molecule has 2 aliphatic rings. The SMILES string of the molecule is COc1ccc2c(c1)CC(C(=O)c1cn(CC3(N)CC3)c3cc(-c4cn[nH]c4Cl)ccc13)CO2. The van der Waals surface area contributed by atoms with Gasteiger partial charge >= 0.3 is 0 Å². The number of carbonyl (C=O) groups is 1. The third-order valence-corrected chi connectivity index (χ3v) is 7.26. The second-order valence-electron chi connectivity index (χ2n) is 9.41. The fourth-order valence-corrected chi connectivity index (χ4v) is 5.01. The first kappa shape index (κ1) is 21.3. The van der Waals surface area contributed by atoms with E-state index in [2.05, 4.69) is 20.8 Å². The molecule has 1 unspecified atom stereocenters. The first-order valence-corrected chi connectivity index (χ1v) is 11.8. The van der Waals surface area contributed by atoms with Gasteiger partial charge in [-0.15, -0.1) is 0 Å². The normalized spacial score (nSPS) is 18.4. The second kappa shape index (κ2) is 7.89. The van der Waals surface area contributed by atoms with Gasteiger partial charge < -0.3 is 19.8 Å². The van der Waals surface area contributed by atoms with E-state index in [1.165, 1.54) is 0 Å². The molecule has 1 fully saturated rings. The van der Waals surface area contributed by atoms with Gasteiger partial charge in [0.25, 0.3) is 0 Å². The Hall–Kier alpha value is -3.29. The Labute approximate surface area is 201 Å². The Bertz CT molecular complexity index is 1420. The van der Waals surface area contributed by atoms with Crippen molar-refractivity contribution in [2.45, 2.75) is 31.3 Å². The average molecular weight is 477 g/mol. The number of aromatic amines is 1. The van der Waals surface area contributed by atoms with Gasteiger partial charge in [0.15, 0.2) is 5.78 Å². The maximum Gasteiger partial charge on any atom is 0.171 e. The molecule has 0 bridgehead atoms. The molecule has 8 heteroatoms. The molecule has 1 aliphatic carbocycles. The Balaban J connectivity index is 1.39. The second-order valence-corrected chi connectivity index (χ2v) is 9.79. The summed E-state index contributed by atoms with van der Waals surface area (Å²) in [7, 11) is 1.64. The number of benzene rings is 2. The quantitative estimate of drug-likeness (QED) is 0.396. The number of methoxy groups -OCH3 is 1. The molecule has 1 saturated carbocycles. The van der Waals surface area contributed by atoms with Crippen LogP contribution < -0.4 is 15.2 Å². The number of nitrogens with one attached hydrogen (secondary N) is 1. The Morgan fingerprint density at radius 2 is 2.18 bits per heavy atom. The minimum Gasteiger partial charge on any atom is -0.497 e. The van der Waals surface area contributed by atoms with Crippen molar-refractivity contribution < 1.29 is 14.3 Å². The van der Waals surface area contributed by atoms with Crippen LogP contribution in [0, 0.1) is 5.92 Å². The van der Waals surface area contributed by atoms with Crippen molar-refractivity contribution in [3.63, 3.8) is 0 Å². The zero-order valence-electron chi connectivity index (χ0n) is 18.8. The zero-order chi connectivity index (χ0) is 23.4. The number of ketones is 1. The molecule has 4 aromatic rings. The van der Waals surface area contributed by atoms with Crippen LogP contribution in [-0.4, -0.2) is 39.8 Å². The molecule has 0 amide bonds. The highest BCUT2D eigenvalue weighted by molar-refractivity contribution is 6.32. The predicted octanol–water partition coefficient (Wildman–Crippen LogP) is 4.62. The summed E-state index contributed by atoms with van der Waals surface area (Å²) in [6.07, 6.45) is 6.25. The van der Waals surface area contributed by atoms with E-state index in [-0.39, 0.29) is 17.2 Å². The molecule has 2 aromatic heterocycles. The fraction of sp³-hybridized carbons (Fsp3) is 0.308. The summed E-state index contributed by atoms with van der Waals surface area (Å²) in [5.41, 5.74) is 10.7. The molecule has 0 saturated heterocycles. The monoisotopic (exact) mass is 476 g/mol. The molecule has 0 spiro atoms. The minimum atomic E-state index is -0.269. The number of carbonyl (C=O) groups excluding carboxylic acids is 1. The molecule has 2 aromatic carbocycles. The van der Waals surface area contributed by atoms with Gasteiger partial charge in [-0.2, -0.15) is 5.10 Å². The number of hydrogen-bond acceptors (Lipinski definition) is 5. The van der Waals surface area contributed by atoms with Crippen LogP contribution >= 0.6 is 11.6 Å². The van der Waals surface area contributed by atoms with Crippen molar-refractivity contribution in [1.29, 1.82) is 0 Å². The highest BCUT2D eigenvalue weighted by Gasteiger charge is 2.39. The van der Waals surface area contributed by atoms with E-state index in [1.807, 2.05) is 36.5 Å². The summed E-state index contributed by atoms with van der Waals surface area (Å²) in [5.74, 6) is 1.38. The van der Waals surface area contributed by atoms with Crippen LogP contribution in [0.15, 0.2) is 48.8 Å². The molecular formula is C26H25ClN4O3.